The predicted octanol–water partition coefficient (Wildman–Crippen LogP) is 10.8. The first-order chi connectivity index (χ1) is 36.2. The van der Waals surface area contributed by atoms with Gasteiger partial charge >= 0.3 is 12.1 Å². The van der Waals surface area contributed by atoms with Gasteiger partial charge in [0.1, 0.15) is 5.75 Å². The fraction of sp³-hybridized carbons (Fsp3) is 0.536. The Morgan fingerprint density at radius 2 is 0.825 bits per heavy atom. The zero-order chi connectivity index (χ0) is 61.4. The number of sulfonamides is 2. The molecular weight excluding hydrogens is 1060 g/mol. The van der Waals surface area contributed by atoms with Crippen LogP contribution in [0.3, 0.4) is 0 Å². The topological polar surface area (TPSA) is 313 Å². The van der Waals surface area contributed by atoms with Gasteiger partial charge in [0.2, 0.25) is 17.8 Å². The molecule has 0 bridgehead atoms. The van der Waals surface area contributed by atoms with Crippen LogP contribution < -0.4 is 31.0 Å². The molecule has 440 valence electrons. The van der Waals surface area contributed by atoms with E-state index in [2.05, 4.69) is 140 Å². The number of ether oxygens (including phenoxy) is 1. The van der Waals surface area contributed by atoms with Gasteiger partial charge in [-0.1, -0.05) is 143 Å². The summed E-state index contributed by atoms with van der Waals surface area (Å²) < 4.78 is 56.6. The molecule has 6 rings (SSSR count). The van der Waals surface area contributed by atoms with Crippen LogP contribution in [0.25, 0.3) is 0 Å². The Kier molecular flexibility index (Phi) is 21.6. The molecule has 7 N–H and O–H groups in total. The summed E-state index contributed by atoms with van der Waals surface area (Å²) in [6.45, 7) is 44.8. The number of primary sulfonamides is 1. The Balaban J connectivity index is 0.000000296. The number of aromatic nitrogens is 10. The normalized spacial score (nSPS) is 12.5. The van der Waals surface area contributed by atoms with Gasteiger partial charge in [-0.3, -0.25) is 20.0 Å². The van der Waals surface area contributed by atoms with E-state index in [0.717, 1.165) is 34.2 Å². The largest absolute Gasteiger partial charge is 0.419 e. The number of para-hydroxylation sites is 1. The molecule has 0 aliphatic rings. The van der Waals surface area contributed by atoms with Crippen molar-refractivity contribution in [2.24, 2.45) is 5.14 Å². The van der Waals surface area contributed by atoms with E-state index in [0.29, 0.717) is 11.7 Å². The quantitative estimate of drug-likeness (QED) is 0.0946. The summed E-state index contributed by atoms with van der Waals surface area (Å²) in [7, 11) is -7.77. The maximum absolute atomic E-state index is 12.4. The summed E-state index contributed by atoms with van der Waals surface area (Å²) >= 11 is 0. The Labute approximate surface area is 474 Å². The fourth-order valence-electron chi connectivity index (χ4n) is 6.30. The second-order valence-electron chi connectivity index (χ2n) is 25.8. The van der Waals surface area contributed by atoms with E-state index in [1.54, 1.807) is 41.3 Å². The van der Waals surface area contributed by atoms with E-state index in [1.807, 2.05) is 92.2 Å². The number of nitrogen functional groups attached to an aromatic ring is 1. The Morgan fingerprint density at radius 3 is 1.14 bits per heavy atom. The number of nitrogens with one attached hydrogen (secondary N) is 3. The van der Waals surface area contributed by atoms with Gasteiger partial charge in [0, 0.05) is 57.0 Å². The number of carbonyl (C=O) groups excluding carboxylic acids is 2. The first kappa shape index (κ1) is 67.4. The van der Waals surface area contributed by atoms with Crippen molar-refractivity contribution in [3.63, 3.8) is 0 Å². The van der Waals surface area contributed by atoms with Crippen molar-refractivity contribution >= 4 is 50.0 Å². The number of amides is 3. The van der Waals surface area contributed by atoms with Crippen molar-refractivity contribution in [2.45, 2.75) is 207 Å². The van der Waals surface area contributed by atoms with Crippen molar-refractivity contribution in [3.8, 4) is 5.75 Å². The van der Waals surface area contributed by atoms with Crippen LogP contribution in [0.2, 0.25) is 0 Å². The minimum atomic E-state index is -4.12. The van der Waals surface area contributed by atoms with Crippen LogP contribution in [0.4, 0.5) is 27.4 Å². The molecule has 24 heteroatoms. The van der Waals surface area contributed by atoms with Gasteiger partial charge in [-0.25, -0.2) is 57.8 Å². The molecule has 0 radical (unpaired) electrons. The highest BCUT2D eigenvalue weighted by Crippen LogP contribution is 2.30. The van der Waals surface area contributed by atoms with Gasteiger partial charge in [-0.05, 0) is 70.2 Å². The number of rotatable bonds is 8. The van der Waals surface area contributed by atoms with Crippen LogP contribution in [0, 0.1) is 0 Å². The highest BCUT2D eigenvalue weighted by atomic mass is 32.2. The molecule has 1 aromatic carbocycles. The molecule has 5 aromatic heterocycles. The SMILES string of the molecule is CC(C)(C)c1cc(C(C)(C)C)nc(N)n1.CC(C)(C)c1cc(C(C)(C)C)nc(NC(=O)Oc2ccccc2)n1.CC(C)n1ccc(S(=O)(=O)NC(=O)Nc2nc(C(C)(C)C)cc(C(C)(C)C)n2)n1.CC(C)n1ccc(S(N)(=O)=O)n1. The molecular formula is C56H87N15O7S2. The van der Waals surface area contributed by atoms with E-state index >= 15 is 0 Å². The Hall–Kier alpha value is -6.92. The fourth-order valence-corrected chi connectivity index (χ4v) is 7.60. The minimum absolute atomic E-state index is 0.00265. The van der Waals surface area contributed by atoms with Gasteiger partial charge in [0.25, 0.3) is 20.0 Å². The second kappa shape index (κ2) is 25.7. The third-order valence-electron chi connectivity index (χ3n) is 11.2. The number of nitrogens with two attached hydrogens (primary N) is 2. The number of carbonyl (C=O) groups is 2. The Bertz CT molecular complexity index is 3180. The maximum atomic E-state index is 12.4. The maximum Gasteiger partial charge on any atom is 0.419 e. The number of anilines is 3. The monoisotopic (exact) mass is 1150 g/mol. The summed E-state index contributed by atoms with van der Waals surface area (Å²) in [5, 5.41) is 17.4. The lowest BCUT2D eigenvalue weighted by atomic mass is 9.86. The minimum Gasteiger partial charge on any atom is -0.410 e. The van der Waals surface area contributed by atoms with Crippen molar-refractivity contribution in [1.82, 2.24) is 54.2 Å². The molecule has 0 fully saturated rings. The molecule has 3 amide bonds. The van der Waals surface area contributed by atoms with Crippen LogP contribution in [-0.2, 0) is 52.5 Å². The summed E-state index contributed by atoms with van der Waals surface area (Å²) in [6, 6.07) is 16.7. The second-order valence-corrected chi connectivity index (χ2v) is 28.9. The number of benzene rings is 1. The number of hydrogen-bond donors (Lipinski definition) is 5. The van der Waals surface area contributed by atoms with Crippen LogP contribution in [0.5, 0.6) is 5.75 Å². The van der Waals surface area contributed by atoms with Crippen molar-refractivity contribution in [3.05, 3.63) is 107 Å². The predicted molar refractivity (Wildman–Crippen MR) is 315 cm³/mol. The molecule has 0 atom stereocenters. The molecule has 0 unspecified atom stereocenters. The molecule has 22 nitrogen and oxygen atoms in total. The standard InChI is InChI=1S/C19H30N6O3S.C19H25N3O2.C12H21N3.C6H11N3O2S/c1-12(2)25-10-9-15(23-25)29(27,28)24-17(26)22-16-20-13(18(3,4)5)11-14(21-16)19(6,7)8;1-18(2,3)14-12-15(19(4,5)6)21-16(20-14)22-17(23)24-13-10-8-7-9-11-13;1-11(2,3)8-7-9(12(4,5)6)15-10(13)14-8;1-5(2)9-4-3-6(8-9)12(7,10)11/h9-12H,1-8H3,(H2,20,21,22,24,26);7-12H,1-6H3,(H,20,21,22,23);7H,1-6H3,(H2,13,14,15);3-5H,1-2H3,(H2,7,10,11). The average Bonchev–Trinajstić information content (AvgIpc) is 4.01. The van der Waals surface area contributed by atoms with Gasteiger partial charge in [0.15, 0.2) is 10.1 Å². The molecule has 5 heterocycles. The number of hydrogen-bond acceptors (Lipinski definition) is 16. The van der Waals surface area contributed by atoms with Gasteiger partial charge in [-0.2, -0.15) is 18.6 Å². The highest BCUT2D eigenvalue weighted by molar-refractivity contribution is 7.90. The van der Waals surface area contributed by atoms with E-state index in [-0.39, 0.29) is 66.5 Å². The first-order valence-corrected chi connectivity index (χ1v) is 29.2. The zero-order valence-electron chi connectivity index (χ0n) is 50.9. The van der Waals surface area contributed by atoms with Crippen LogP contribution >= 0.6 is 0 Å². The molecule has 0 aliphatic carbocycles. The van der Waals surface area contributed by atoms with Crippen molar-refractivity contribution in [2.75, 3.05) is 16.4 Å². The number of urea groups is 1. The number of nitrogens with zero attached hydrogens (tertiary/aromatic N) is 10. The van der Waals surface area contributed by atoms with Gasteiger partial charge in [0.05, 0.1) is 34.2 Å². The first-order valence-electron chi connectivity index (χ1n) is 26.1. The van der Waals surface area contributed by atoms with Crippen LogP contribution in [0.15, 0.2) is 83.1 Å². The summed E-state index contributed by atoms with van der Waals surface area (Å²) in [5.41, 5.74) is 10.1. The van der Waals surface area contributed by atoms with E-state index in [9.17, 15) is 26.4 Å². The zero-order valence-corrected chi connectivity index (χ0v) is 52.5. The molecule has 0 saturated carbocycles. The molecule has 80 heavy (non-hydrogen) atoms. The van der Waals surface area contributed by atoms with Crippen molar-refractivity contribution < 1.29 is 31.2 Å². The van der Waals surface area contributed by atoms with Gasteiger partial charge < -0.3 is 10.5 Å². The van der Waals surface area contributed by atoms with Crippen molar-refractivity contribution in [1.29, 1.82) is 0 Å². The van der Waals surface area contributed by atoms with Crippen LogP contribution in [0.1, 0.15) is 199 Å². The molecule has 0 saturated heterocycles. The third kappa shape index (κ3) is 21.3. The molecule has 6 aromatic rings. The van der Waals surface area contributed by atoms with E-state index < -0.39 is 32.2 Å². The van der Waals surface area contributed by atoms with E-state index in [1.165, 1.54) is 16.8 Å². The lowest BCUT2D eigenvalue weighted by molar-refractivity contribution is 0.215. The average molecular weight is 1150 g/mol. The Morgan fingerprint density at radius 1 is 0.500 bits per heavy atom. The smallest absolute Gasteiger partial charge is 0.410 e. The summed E-state index contributed by atoms with van der Waals surface area (Å²) in [5.74, 6) is 1.14. The van der Waals surface area contributed by atoms with E-state index in [4.69, 9.17) is 15.6 Å². The summed E-state index contributed by atoms with van der Waals surface area (Å²) in [4.78, 5) is 50.7. The lowest BCUT2D eigenvalue weighted by Gasteiger charge is -2.24. The lowest BCUT2D eigenvalue weighted by Crippen LogP contribution is -2.35. The van der Waals surface area contributed by atoms with Crippen LogP contribution in [-0.4, -0.2) is 78.4 Å². The summed E-state index contributed by atoms with van der Waals surface area (Å²) in [6.07, 6.45) is 2.53. The molecule has 0 aliphatic heterocycles. The molecule has 0 spiro atoms. The van der Waals surface area contributed by atoms with Gasteiger partial charge in [-0.15, -0.1) is 0 Å². The highest BCUT2D eigenvalue weighted by Gasteiger charge is 2.28. The third-order valence-corrected chi connectivity index (χ3v) is 13.2.